The Labute approximate surface area is 624 Å². The van der Waals surface area contributed by atoms with E-state index in [9.17, 15) is 10.0 Å². The number of para-hydroxylation sites is 2. The van der Waals surface area contributed by atoms with Crippen LogP contribution >= 0.6 is 15.9 Å². The first kappa shape index (κ1) is 65.1. The van der Waals surface area contributed by atoms with Gasteiger partial charge in [-0.2, -0.15) is 0 Å². The zero-order valence-corrected chi connectivity index (χ0v) is 59.4. The number of benzene rings is 18. The molecule has 106 heavy (non-hydrogen) atoms. The minimum Gasteiger partial charge on any atom is -0.423 e. The monoisotopic (exact) mass is 1420 g/mol. The van der Waals surface area contributed by atoms with Crippen molar-refractivity contribution in [3.63, 3.8) is 0 Å². The Hall–Kier alpha value is -12.9. The molecule has 0 atom stereocenters. The van der Waals surface area contributed by atoms with E-state index >= 15 is 0 Å². The van der Waals surface area contributed by atoms with E-state index in [1.165, 1.54) is 153 Å². The Balaban J connectivity index is 0.000000128. The highest BCUT2D eigenvalue weighted by molar-refractivity contribution is 9.10. The van der Waals surface area contributed by atoms with Crippen molar-refractivity contribution in [1.82, 2.24) is 9.13 Å². The highest BCUT2D eigenvalue weighted by Crippen LogP contribution is 2.47. The second-order valence-electron chi connectivity index (χ2n) is 26.8. The van der Waals surface area contributed by atoms with E-state index in [0.29, 0.717) is 5.46 Å². The maximum Gasteiger partial charge on any atom is 0.489 e. The van der Waals surface area contributed by atoms with Crippen molar-refractivity contribution < 1.29 is 10.0 Å². The summed E-state index contributed by atoms with van der Waals surface area (Å²) in [5.41, 5.74) is 24.5. The lowest BCUT2D eigenvalue weighted by Crippen LogP contribution is -2.31. The molecular formula is C100H68BBrN2O2. The Kier molecular flexibility index (Phi) is 17.4. The Morgan fingerprint density at radius 3 is 0.849 bits per heavy atom. The number of aromatic nitrogens is 2. The highest BCUT2D eigenvalue weighted by Gasteiger charge is 2.22. The van der Waals surface area contributed by atoms with Gasteiger partial charge in [-0.1, -0.05) is 350 Å². The second kappa shape index (κ2) is 28.4. The van der Waals surface area contributed by atoms with Gasteiger partial charge in [0.2, 0.25) is 0 Å². The zero-order chi connectivity index (χ0) is 71.0. The smallest absolute Gasteiger partial charge is 0.423 e. The molecule has 0 amide bonds. The van der Waals surface area contributed by atoms with Gasteiger partial charge >= 0.3 is 7.12 Å². The van der Waals surface area contributed by atoms with E-state index in [0.717, 1.165) is 27.0 Å². The van der Waals surface area contributed by atoms with Gasteiger partial charge in [-0.15, -0.1) is 0 Å². The molecule has 0 bridgehead atoms. The number of nitrogens with zero attached hydrogens (tertiary/aromatic N) is 2. The van der Waals surface area contributed by atoms with Gasteiger partial charge in [0, 0.05) is 37.4 Å². The molecule has 20 aromatic rings. The standard InChI is InChI=1S/C50H33N.C38H24BrN.C12H11BO2/c1-3-15-34(16-4-1)39-19-7-8-20-40(39)37-29-32-48-46(33-37)41-21-13-14-26-47(41)51(48)38-30-27-36(28-31-38)50-44-24-11-9-22-42(44)49(35-17-5-2-6-18-35)43-23-10-12-25-45(43)50;39-27-20-23-36-34(24-27)29-12-8-9-17-35(29)40(36)28-21-18-26(19-22-28)38-32-15-6-4-13-30(32)37(25-10-2-1-3-11-25)31-14-5-7-16-33(31)38;14-13(15)12-9-5-4-8-11(12)10-6-2-1-3-7-10/h1-33H;1-24H;1-9,14-15H. The molecule has 0 aliphatic rings. The first-order valence-electron chi connectivity index (χ1n) is 36.0. The molecule has 0 radical (unpaired) electrons. The maximum atomic E-state index is 9.22. The van der Waals surface area contributed by atoms with Gasteiger partial charge in [-0.05, 0) is 193 Å². The molecule has 2 heterocycles. The molecule has 2 aromatic heterocycles. The molecule has 0 fully saturated rings. The summed E-state index contributed by atoms with van der Waals surface area (Å²) in [6.45, 7) is 0. The lowest BCUT2D eigenvalue weighted by atomic mass is 9.75. The third kappa shape index (κ3) is 11.9. The molecule has 0 aliphatic heterocycles. The fraction of sp³-hybridized carbons (Fsp3) is 0. The van der Waals surface area contributed by atoms with Crippen LogP contribution in [0.3, 0.4) is 0 Å². The summed E-state index contributed by atoms with van der Waals surface area (Å²) in [6, 6.07) is 142. The average Bonchev–Trinajstić information content (AvgIpc) is 1.06. The predicted octanol–water partition coefficient (Wildman–Crippen LogP) is 26.0. The predicted molar refractivity (Wildman–Crippen MR) is 454 cm³/mol. The van der Waals surface area contributed by atoms with Crippen molar-refractivity contribution >= 4 is 115 Å². The van der Waals surface area contributed by atoms with Crippen LogP contribution < -0.4 is 5.46 Å². The SMILES string of the molecule is Brc1ccc2c(c1)c1ccccc1n2-c1ccc(-c2c3ccccc3c(-c3ccccc3)c3ccccc23)cc1.OB(O)c1ccccc1-c1ccccc1.c1ccc(-c2ccccc2-c2ccc3c(c2)c2ccccc2n3-c2ccc(-c3c4ccccc4c(-c4ccccc4)c4ccccc34)cc2)cc1. The van der Waals surface area contributed by atoms with Crippen LogP contribution in [-0.4, -0.2) is 26.3 Å². The van der Waals surface area contributed by atoms with E-state index in [2.05, 4.69) is 371 Å². The summed E-state index contributed by atoms with van der Waals surface area (Å²) in [5, 5.41) is 33.6. The van der Waals surface area contributed by atoms with Crippen LogP contribution in [0.25, 0.3) is 176 Å². The van der Waals surface area contributed by atoms with Crippen LogP contribution in [0.5, 0.6) is 0 Å². The normalized spacial score (nSPS) is 11.3. The molecule has 2 N–H and O–H groups in total. The minimum absolute atomic E-state index is 0.531. The van der Waals surface area contributed by atoms with Crippen molar-refractivity contribution in [1.29, 1.82) is 0 Å². The van der Waals surface area contributed by atoms with Gasteiger partial charge in [-0.3, -0.25) is 0 Å². The van der Waals surface area contributed by atoms with Crippen molar-refractivity contribution in [3.05, 3.63) is 405 Å². The van der Waals surface area contributed by atoms with Crippen LogP contribution in [0.4, 0.5) is 0 Å². The van der Waals surface area contributed by atoms with Crippen molar-refractivity contribution in [2.45, 2.75) is 0 Å². The van der Waals surface area contributed by atoms with Gasteiger partial charge in [0.05, 0.1) is 22.1 Å². The fourth-order valence-electron chi connectivity index (χ4n) is 16.1. The average molecular weight is 1420 g/mol. The maximum absolute atomic E-state index is 9.22. The number of hydrogen-bond acceptors (Lipinski definition) is 2. The van der Waals surface area contributed by atoms with Crippen molar-refractivity contribution in [2.24, 2.45) is 0 Å². The first-order chi connectivity index (χ1) is 52.4. The molecule has 0 saturated carbocycles. The molecule has 18 aromatic carbocycles. The Morgan fingerprint density at radius 1 is 0.198 bits per heavy atom. The molecular weight excluding hydrogens is 1350 g/mol. The van der Waals surface area contributed by atoms with E-state index < -0.39 is 7.12 Å². The third-order valence-electron chi connectivity index (χ3n) is 20.8. The first-order valence-corrected chi connectivity index (χ1v) is 36.8. The summed E-state index contributed by atoms with van der Waals surface area (Å²) >= 11 is 3.67. The van der Waals surface area contributed by atoms with Gasteiger partial charge in [-0.25, -0.2) is 0 Å². The Morgan fingerprint density at radius 2 is 0.462 bits per heavy atom. The summed E-state index contributed by atoms with van der Waals surface area (Å²) in [6.07, 6.45) is 0. The van der Waals surface area contributed by atoms with Gasteiger partial charge in [0.25, 0.3) is 0 Å². The van der Waals surface area contributed by atoms with Crippen LogP contribution in [0.15, 0.2) is 405 Å². The summed E-state index contributed by atoms with van der Waals surface area (Å²) in [7, 11) is -1.43. The number of halogens is 1. The lowest BCUT2D eigenvalue weighted by molar-refractivity contribution is 0.426. The van der Waals surface area contributed by atoms with Crippen LogP contribution in [0.2, 0.25) is 0 Å². The summed E-state index contributed by atoms with van der Waals surface area (Å²) < 4.78 is 5.88. The molecule has 0 aliphatic carbocycles. The molecule has 0 spiro atoms. The molecule has 4 nitrogen and oxygen atoms in total. The topological polar surface area (TPSA) is 50.3 Å². The molecule has 0 unspecified atom stereocenters. The number of rotatable bonds is 10. The summed E-state index contributed by atoms with van der Waals surface area (Å²) in [4.78, 5) is 0. The van der Waals surface area contributed by atoms with Crippen LogP contribution in [0.1, 0.15) is 0 Å². The highest BCUT2D eigenvalue weighted by atomic mass is 79.9. The summed E-state index contributed by atoms with van der Waals surface area (Å²) in [5.74, 6) is 0. The van der Waals surface area contributed by atoms with Gasteiger partial charge in [0.15, 0.2) is 0 Å². The molecule has 20 rings (SSSR count). The Bertz CT molecular complexity index is 6540. The van der Waals surface area contributed by atoms with Crippen LogP contribution in [-0.2, 0) is 0 Å². The van der Waals surface area contributed by atoms with E-state index in [1.54, 1.807) is 12.1 Å². The number of hydrogen-bond donors (Lipinski definition) is 2. The third-order valence-corrected chi connectivity index (χ3v) is 21.3. The van der Waals surface area contributed by atoms with Crippen molar-refractivity contribution in [3.8, 4) is 89.3 Å². The molecule has 0 saturated heterocycles. The quantitative estimate of drug-likeness (QED) is 0.106. The largest absolute Gasteiger partial charge is 0.489 e. The van der Waals surface area contributed by atoms with E-state index in [-0.39, 0.29) is 0 Å². The number of fused-ring (bicyclic) bond motifs is 10. The van der Waals surface area contributed by atoms with Crippen LogP contribution in [0, 0.1) is 0 Å². The minimum atomic E-state index is -1.43. The molecule has 500 valence electrons. The fourth-order valence-corrected chi connectivity index (χ4v) is 16.5. The van der Waals surface area contributed by atoms with Gasteiger partial charge < -0.3 is 19.2 Å². The second-order valence-corrected chi connectivity index (χ2v) is 27.8. The lowest BCUT2D eigenvalue weighted by Gasteiger charge is -2.18. The van der Waals surface area contributed by atoms with E-state index in [4.69, 9.17) is 0 Å². The van der Waals surface area contributed by atoms with Gasteiger partial charge in [0.1, 0.15) is 0 Å². The van der Waals surface area contributed by atoms with E-state index in [1.807, 2.05) is 42.5 Å². The van der Waals surface area contributed by atoms with Crippen molar-refractivity contribution in [2.75, 3.05) is 0 Å². The molecule has 6 heteroatoms. The zero-order valence-electron chi connectivity index (χ0n) is 57.8.